The molecule has 4 heterocycles. The average Bonchev–Trinajstić information content (AvgIpc) is 3.56. The second-order valence-corrected chi connectivity index (χ2v) is 12.7. The highest BCUT2D eigenvalue weighted by atomic mass is 15.1. The van der Waals surface area contributed by atoms with E-state index in [-0.39, 0.29) is 5.41 Å². The Morgan fingerprint density at radius 1 is 0.644 bits per heavy atom. The quantitative estimate of drug-likeness (QED) is 0.209. The van der Waals surface area contributed by atoms with Crippen LogP contribution in [0.3, 0.4) is 0 Å². The largest absolute Gasteiger partial charge is 0.294 e. The van der Waals surface area contributed by atoms with E-state index in [1.165, 1.54) is 5.56 Å². The van der Waals surface area contributed by atoms with Gasteiger partial charge in [0.25, 0.3) is 0 Å². The van der Waals surface area contributed by atoms with Gasteiger partial charge < -0.3 is 0 Å². The lowest BCUT2D eigenvalue weighted by atomic mass is 9.87. The smallest absolute Gasteiger partial charge is 0.150 e. The van der Waals surface area contributed by atoms with Crippen LogP contribution < -0.4 is 0 Å². The molecule has 0 N–H and O–H groups in total. The van der Waals surface area contributed by atoms with Crippen LogP contribution in [0, 0.1) is 18.3 Å². The van der Waals surface area contributed by atoms with Gasteiger partial charge in [-0.3, -0.25) is 9.13 Å². The molecule has 5 nitrogen and oxygen atoms in total. The van der Waals surface area contributed by atoms with E-state index in [0.29, 0.717) is 11.2 Å². The Bertz CT molecular complexity index is 2500. The molecular formula is C40H31N5. The molecule has 0 bridgehead atoms. The van der Waals surface area contributed by atoms with Crippen molar-refractivity contribution in [3.8, 4) is 28.8 Å². The number of nitriles is 1. The van der Waals surface area contributed by atoms with Gasteiger partial charge in [0.15, 0.2) is 5.65 Å². The van der Waals surface area contributed by atoms with E-state index in [2.05, 4.69) is 104 Å². The van der Waals surface area contributed by atoms with Gasteiger partial charge in [0.1, 0.15) is 17.5 Å². The third-order valence-electron chi connectivity index (χ3n) is 8.88. The number of nitrogens with zero attached hydrogens (tertiary/aromatic N) is 5. The van der Waals surface area contributed by atoms with Crippen LogP contribution in [0.25, 0.3) is 66.6 Å². The molecule has 0 saturated carbocycles. The molecule has 0 unspecified atom stereocenters. The van der Waals surface area contributed by atoms with Crippen molar-refractivity contribution in [2.45, 2.75) is 33.1 Å². The molecule has 0 aliphatic rings. The van der Waals surface area contributed by atoms with Crippen molar-refractivity contribution in [3.05, 3.63) is 132 Å². The zero-order valence-corrected chi connectivity index (χ0v) is 25.7. The molecule has 4 aromatic heterocycles. The van der Waals surface area contributed by atoms with Gasteiger partial charge >= 0.3 is 0 Å². The summed E-state index contributed by atoms with van der Waals surface area (Å²) < 4.78 is 4.32. The summed E-state index contributed by atoms with van der Waals surface area (Å²) in [6, 6.07) is 42.2. The number of aryl methyl sites for hydroxylation is 1. The summed E-state index contributed by atoms with van der Waals surface area (Å²) in [6.07, 6.45) is 0. The zero-order chi connectivity index (χ0) is 30.9. The van der Waals surface area contributed by atoms with Crippen LogP contribution >= 0.6 is 0 Å². The molecule has 0 aliphatic carbocycles. The molecule has 8 aromatic rings. The molecule has 216 valence electrons. The topological polar surface area (TPSA) is 59.4 Å². The number of pyridine rings is 2. The second kappa shape index (κ2) is 9.90. The Balaban J connectivity index is 1.52. The highest BCUT2D eigenvalue weighted by Gasteiger charge is 2.25. The molecule has 5 heteroatoms. The first-order valence-corrected chi connectivity index (χ1v) is 15.3. The van der Waals surface area contributed by atoms with Gasteiger partial charge in [-0.15, -0.1) is 0 Å². The lowest BCUT2D eigenvalue weighted by Gasteiger charge is -2.20. The standard InChI is InChI=1S/C40H31N5/c1-25-13-5-6-16-28(25)32-19-12-22-35(42-32)45-34-21-10-8-18-30(34)37-31(24-41)36-29-17-7-9-20-33(29)44(38(36)43-39(37)45)27-15-11-14-26(23-27)40(2,3)4/h5-23H,1-4H3. The van der Waals surface area contributed by atoms with Crippen LogP contribution in [0.1, 0.15) is 37.5 Å². The van der Waals surface area contributed by atoms with Crippen molar-refractivity contribution in [1.29, 1.82) is 5.26 Å². The summed E-state index contributed by atoms with van der Waals surface area (Å²) in [6.45, 7) is 8.78. The van der Waals surface area contributed by atoms with E-state index in [0.717, 1.165) is 66.6 Å². The van der Waals surface area contributed by atoms with Crippen LogP contribution in [-0.2, 0) is 5.41 Å². The van der Waals surface area contributed by atoms with Gasteiger partial charge in [0, 0.05) is 32.8 Å². The second-order valence-electron chi connectivity index (χ2n) is 12.7. The zero-order valence-electron chi connectivity index (χ0n) is 25.7. The highest BCUT2D eigenvalue weighted by molar-refractivity contribution is 6.20. The number of aromatic nitrogens is 4. The third-order valence-corrected chi connectivity index (χ3v) is 8.88. The fourth-order valence-corrected chi connectivity index (χ4v) is 6.66. The average molecular weight is 582 g/mol. The molecule has 0 saturated heterocycles. The molecule has 45 heavy (non-hydrogen) atoms. The maximum atomic E-state index is 10.9. The fourth-order valence-electron chi connectivity index (χ4n) is 6.66. The lowest BCUT2D eigenvalue weighted by Crippen LogP contribution is -2.11. The minimum absolute atomic E-state index is 0.0203. The normalized spacial score (nSPS) is 12.0. The van der Waals surface area contributed by atoms with Crippen molar-refractivity contribution in [1.82, 2.24) is 19.1 Å². The monoisotopic (exact) mass is 581 g/mol. The van der Waals surface area contributed by atoms with Crippen LogP contribution in [0.2, 0.25) is 0 Å². The molecule has 0 spiro atoms. The third kappa shape index (κ3) is 4.07. The van der Waals surface area contributed by atoms with Crippen molar-refractivity contribution in [3.63, 3.8) is 0 Å². The van der Waals surface area contributed by atoms with E-state index in [9.17, 15) is 5.26 Å². The van der Waals surface area contributed by atoms with Gasteiger partial charge in [-0.1, -0.05) is 99.6 Å². The van der Waals surface area contributed by atoms with Crippen LogP contribution in [0.15, 0.2) is 115 Å². The first-order chi connectivity index (χ1) is 21.8. The van der Waals surface area contributed by atoms with E-state index >= 15 is 0 Å². The number of hydrogen-bond acceptors (Lipinski definition) is 3. The van der Waals surface area contributed by atoms with Gasteiger partial charge in [-0.25, -0.2) is 9.97 Å². The summed E-state index contributed by atoms with van der Waals surface area (Å²) in [4.78, 5) is 10.6. The molecule has 0 atom stereocenters. The Morgan fingerprint density at radius 3 is 1.96 bits per heavy atom. The first kappa shape index (κ1) is 26.9. The van der Waals surface area contributed by atoms with Crippen LogP contribution in [0.5, 0.6) is 0 Å². The molecule has 0 aliphatic heterocycles. The van der Waals surface area contributed by atoms with Crippen molar-refractivity contribution < 1.29 is 0 Å². The van der Waals surface area contributed by atoms with Crippen LogP contribution in [-0.4, -0.2) is 19.1 Å². The SMILES string of the molecule is Cc1ccccc1-c1cccc(-n2c3ccccc3c3c(C#N)c4c5ccccc5n(-c5cccc(C(C)(C)C)c5)c4nc32)n1. The van der Waals surface area contributed by atoms with Crippen molar-refractivity contribution >= 4 is 43.9 Å². The Kier molecular flexibility index (Phi) is 5.91. The molecule has 8 rings (SSSR count). The van der Waals surface area contributed by atoms with Gasteiger partial charge in [0.05, 0.1) is 22.3 Å². The Labute approximate surface area is 261 Å². The minimum Gasteiger partial charge on any atom is -0.294 e. The summed E-state index contributed by atoms with van der Waals surface area (Å²) in [5.41, 5.74) is 9.46. The predicted molar refractivity (Wildman–Crippen MR) is 184 cm³/mol. The summed E-state index contributed by atoms with van der Waals surface area (Å²) in [5.74, 6) is 0.759. The van der Waals surface area contributed by atoms with E-state index in [4.69, 9.17) is 9.97 Å². The number of para-hydroxylation sites is 2. The Morgan fingerprint density at radius 2 is 1.27 bits per heavy atom. The fraction of sp³-hybridized carbons (Fsp3) is 0.125. The maximum Gasteiger partial charge on any atom is 0.150 e. The summed E-state index contributed by atoms with van der Waals surface area (Å²) in [7, 11) is 0. The van der Waals surface area contributed by atoms with Gasteiger partial charge in [0.2, 0.25) is 0 Å². The number of fused-ring (bicyclic) bond motifs is 6. The number of hydrogen-bond donors (Lipinski definition) is 0. The summed E-state index contributed by atoms with van der Waals surface area (Å²) >= 11 is 0. The van der Waals surface area contributed by atoms with E-state index in [1.807, 2.05) is 54.6 Å². The molecule has 0 fully saturated rings. The molecular weight excluding hydrogens is 550 g/mol. The highest BCUT2D eigenvalue weighted by Crippen LogP contribution is 2.41. The molecule has 0 radical (unpaired) electrons. The van der Waals surface area contributed by atoms with Crippen LogP contribution in [0.4, 0.5) is 0 Å². The summed E-state index contributed by atoms with van der Waals surface area (Å²) in [5, 5.41) is 14.6. The van der Waals surface area contributed by atoms with E-state index < -0.39 is 0 Å². The van der Waals surface area contributed by atoms with Crippen molar-refractivity contribution in [2.24, 2.45) is 0 Å². The number of benzene rings is 4. The van der Waals surface area contributed by atoms with Gasteiger partial charge in [-0.05, 0) is 59.9 Å². The van der Waals surface area contributed by atoms with Crippen molar-refractivity contribution in [2.75, 3.05) is 0 Å². The predicted octanol–water partition coefficient (Wildman–Crippen LogP) is 9.82. The molecule has 0 amide bonds. The number of rotatable bonds is 3. The lowest BCUT2D eigenvalue weighted by molar-refractivity contribution is 0.590. The first-order valence-electron chi connectivity index (χ1n) is 15.3. The minimum atomic E-state index is -0.0203. The molecule has 4 aromatic carbocycles. The maximum absolute atomic E-state index is 10.9. The van der Waals surface area contributed by atoms with Gasteiger partial charge in [-0.2, -0.15) is 5.26 Å². The van der Waals surface area contributed by atoms with E-state index in [1.54, 1.807) is 0 Å². The Hall–Kier alpha value is -5.73.